The van der Waals surface area contributed by atoms with Crippen molar-refractivity contribution >= 4 is 11.3 Å². The zero-order valence-corrected chi connectivity index (χ0v) is 10.7. The summed E-state index contributed by atoms with van der Waals surface area (Å²) < 4.78 is 0. The van der Waals surface area contributed by atoms with Gasteiger partial charge in [0.2, 0.25) is 0 Å². The molecule has 0 aliphatic rings. The molecule has 0 amide bonds. The Morgan fingerprint density at radius 1 is 1.41 bits per heavy atom. The third kappa shape index (κ3) is 3.36. The van der Waals surface area contributed by atoms with Gasteiger partial charge in [0.15, 0.2) is 0 Å². The third-order valence-corrected chi connectivity index (χ3v) is 3.73. The number of hydrazine groups is 1. The molecule has 0 aliphatic heterocycles. The first kappa shape index (κ1) is 12.2. The summed E-state index contributed by atoms with van der Waals surface area (Å²) in [5, 5.41) is 2.10. The first-order valence-electron chi connectivity index (χ1n) is 5.70. The predicted molar refractivity (Wildman–Crippen MR) is 71.7 cm³/mol. The van der Waals surface area contributed by atoms with Crippen LogP contribution in [0.4, 0.5) is 0 Å². The van der Waals surface area contributed by atoms with Crippen LogP contribution in [-0.2, 0) is 6.42 Å². The molecule has 4 heteroatoms. The minimum atomic E-state index is 0.171. The zero-order chi connectivity index (χ0) is 12.1. The summed E-state index contributed by atoms with van der Waals surface area (Å²) in [7, 11) is 0. The minimum absolute atomic E-state index is 0.171. The molecule has 2 heterocycles. The normalized spacial score (nSPS) is 12.6. The Labute approximate surface area is 106 Å². The molecule has 1 atom stereocenters. The summed E-state index contributed by atoms with van der Waals surface area (Å²) >= 11 is 1.79. The van der Waals surface area contributed by atoms with Crippen LogP contribution < -0.4 is 11.3 Å². The highest BCUT2D eigenvalue weighted by Crippen LogP contribution is 2.20. The van der Waals surface area contributed by atoms with E-state index in [1.807, 2.05) is 19.2 Å². The minimum Gasteiger partial charge on any atom is -0.271 e. The molecule has 0 aromatic carbocycles. The standard InChI is InChI=1S/C13H17N3S/c1-10-4-5-11(9-15-10)13(16-14)7-6-12-3-2-8-17-12/h2-5,8-9,13,16H,6-7,14H2,1H3. The highest BCUT2D eigenvalue weighted by atomic mass is 32.1. The van der Waals surface area contributed by atoms with Crippen molar-refractivity contribution in [1.82, 2.24) is 10.4 Å². The van der Waals surface area contributed by atoms with Gasteiger partial charge in [-0.05, 0) is 42.8 Å². The van der Waals surface area contributed by atoms with Crippen LogP contribution in [0.15, 0.2) is 35.8 Å². The van der Waals surface area contributed by atoms with Crippen LogP contribution in [0, 0.1) is 6.92 Å². The molecule has 90 valence electrons. The topological polar surface area (TPSA) is 50.9 Å². The quantitative estimate of drug-likeness (QED) is 0.630. The van der Waals surface area contributed by atoms with Gasteiger partial charge in [-0.15, -0.1) is 11.3 Å². The SMILES string of the molecule is Cc1ccc(C(CCc2cccs2)NN)cn1. The van der Waals surface area contributed by atoms with Gasteiger partial charge in [0.25, 0.3) is 0 Å². The van der Waals surface area contributed by atoms with E-state index in [4.69, 9.17) is 5.84 Å². The van der Waals surface area contributed by atoms with Crippen molar-refractivity contribution in [3.63, 3.8) is 0 Å². The molecular weight excluding hydrogens is 230 g/mol. The molecule has 0 saturated carbocycles. The van der Waals surface area contributed by atoms with Crippen LogP contribution in [0.2, 0.25) is 0 Å². The van der Waals surface area contributed by atoms with E-state index in [0.717, 1.165) is 24.1 Å². The second kappa shape index (κ2) is 5.91. The van der Waals surface area contributed by atoms with E-state index >= 15 is 0 Å². The lowest BCUT2D eigenvalue weighted by atomic mass is 10.0. The van der Waals surface area contributed by atoms with Crippen LogP contribution in [0.5, 0.6) is 0 Å². The lowest BCUT2D eigenvalue weighted by Crippen LogP contribution is -2.28. The Hall–Kier alpha value is -1.23. The molecule has 0 spiro atoms. The number of rotatable bonds is 5. The van der Waals surface area contributed by atoms with Crippen molar-refractivity contribution in [3.8, 4) is 0 Å². The molecular formula is C13H17N3S. The van der Waals surface area contributed by atoms with E-state index in [1.165, 1.54) is 4.88 Å². The smallest absolute Gasteiger partial charge is 0.0478 e. The Morgan fingerprint density at radius 3 is 2.88 bits per heavy atom. The number of thiophene rings is 1. The van der Waals surface area contributed by atoms with Crippen LogP contribution >= 0.6 is 11.3 Å². The molecule has 0 fully saturated rings. The van der Waals surface area contributed by atoms with E-state index < -0.39 is 0 Å². The van der Waals surface area contributed by atoms with Gasteiger partial charge >= 0.3 is 0 Å². The Balaban J connectivity index is 1.99. The molecule has 1 unspecified atom stereocenters. The fourth-order valence-electron chi connectivity index (χ4n) is 1.77. The highest BCUT2D eigenvalue weighted by Gasteiger charge is 2.10. The molecule has 2 aromatic heterocycles. The molecule has 2 rings (SSSR count). The van der Waals surface area contributed by atoms with Crippen molar-refractivity contribution < 1.29 is 0 Å². The lowest BCUT2D eigenvalue weighted by molar-refractivity contribution is 0.516. The Kier molecular flexibility index (Phi) is 4.25. The maximum Gasteiger partial charge on any atom is 0.0478 e. The van der Waals surface area contributed by atoms with Gasteiger partial charge in [0, 0.05) is 22.8 Å². The van der Waals surface area contributed by atoms with E-state index in [9.17, 15) is 0 Å². The monoisotopic (exact) mass is 247 g/mol. The first-order chi connectivity index (χ1) is 8.29. The van der Waals surface area contributed by atoms with E-state index in [1.54, 1.807) is 11.3 Å². The summed E-state index contributed by atoms with van der Waals surface area (Å²) in [5.41, 5.74) is 5.04. The number of pyridine rings is 1. The number of nitrogens with one attached hydrogen (secondary N) is 1. The van der Waals surface area contributed by atoms with E-state index in [0.29, 0.717) is 0 Å². The largest absolute Gasteiger partial charge is 0.271 e. The van der Waals surface area contributed by atoms with Gasteiger partial charge in [-0.25, -0.2) is 0 Å². The maximum atomic E-state index is 5.61. The Morgan fingerprint density at radius 2 is 2.29 bits per heavy atom. The van der Waals surface area contributed by atoms with Crippen LogP contribution in [0.3, 0.4) is 0 Å². The summed E-state index contributed by atoms with van der Waals surface area (Å²) in [6.45, 7) is 1.99. The maximum absolute atomic E-state index is 5.61. The highest BCUT2D eigenvalue weighted by molar-refractivity contribution is 7.09. The second-order valence-electron chi connectivity index (χ2n) is 4.07. The average molecular weight is 247 g/mol. The molecule has 0 aliphatic carbocycles. The lowest BCUT2D eigenvalue weighted by Gasteiger charge is -2.15. The molecule has 3 nitrogen and oxygen atoms in total. The summed E-state index contributed by atoms with van der Waals surface area (Å²) in [5.74, 6) is 5.61. The second-order valence-corrected chi connectivity index (χ2v) is 5.10. The van der Waals surface area contributed by atoms with Crippen LogP contribution in [0.1, 0.15) is 28.6 Å². The third-order valence-electron chi connectivity index (χ3n) is 2.80. The van der Waals surface area contributed by atoms with Gasteiger partial charge in [0.05, 0.1) is 0 Å². The number of aryl methyl sites for hydroxylation is 2. The predicted octanol–water partition coefficient (Wildman–Crippen LogP) is 2.59. The molecule has 17 heavy (non-hydrogen) atoms. The fraction of sp³-hybridized carbons (Fsp3) is 0.308. The van der Waals surface area contributed by atoms with Crippen molar-refractivity contribution in [1.29, 1.82) is 0 Å². The number of nitrogens with two attached hydrogens (primary N) is 1. The average Bonchev–Trinajstić information content (AvgIpc) is 2.85. The zero-order valence-electron chi connectivity index (χ0n) is 9.89. The molecule has 0 radical (unpaired) electrons. The van der Waals surface area contributed by atoms with Crippen molar-refractivity contribution in [2.24, 2.45) is 5.84 Å². The number of hydrogen-bond donors (Lipinski definition) is 2. The first-order valence-corrected chi connectivity index (χ1v) is 6.58. The van der Waals surface area contributed by atoms with E-state index in [-0.39, 0.29) is 6.04 Å². The van der Waals surface area contributed by atoms with Gasteiger partial charge < -0.3 is 0 Å². The summed E-state index contributed by atoms with van der Waals surface area (Å²) in [6, 6.07) is 8.51. The molecule has 3 N–H and O–H groups in total. The summed E-state index contributed by atoms with van der Waals surface area (Å²) in [4.78, 5) is 5.69. The molecule has 0 bridgehead atoms. The molecule has 0 saturated heterocycles. The Bertz CT molecular complexity index is 436. The van der Waals surface area contributed by atoms with Gasteiger partial charge in [0.1, 0.15) is 0 Å². The van der Waals surface area contributed by atoms with Crippen LogP contribution in [-0.4, -0.2) is 4.98 Å². The van der Waals surface area contributed by atoms with Gasteiger partial charge in [-0.3, -0.25) is 16.3 Å². The van der Waals surface area contributed by atoms with Crippen molar-refractivity contribution in [2.45, 2.75) is 25.8 Å². The van der Waals surface area contributed by atoms with Crippen molar-refractivity contribution in [3.05, 3.63) is 52.0 Å². The van der Waals surface area contributed by atoms with Gasteiger partial charge in [-0.2, -0.15) is 0 Å². The van der Waals surface area contributed by atoms with Crippen molar-refractivity contribution in [2.75, 3.05) is 0 Å². The van der Waals surface area contributed by atoms with E-state index in [2.05, 4.69) is 34.0 Å². The summed E-state index contributed by atoms with van der Waals surface area (Å²) in [6.07, 6.45) is 3.93. The molecule has 2 aromatic rings. The number of nitrogens with zero attached hydrogens (tertiary/aromatic N) is 1. The number of hydrogen-bond acceptors (Lipinski definition) is 4. The number of aromatic nitrogens is 1. The van der Waals surface area contributed by atoms with Gasteiger partial charge in [-0.1, -0.05) is 12.1 Å². The van der Waals surface area contributed by atoms with Crippen LogP contribution in [0.25, 0.3) is 0 Å². The fourth-order valence-corrected chi connectivity index (χ4v) is 2.50.